The zero-order chi connectivity index (χ0) is 15.1. The molecule has 1 aliphatic heterocycles. The average molecular weight is 316 g/mol. The number of rotatable bonds is 3. The number of nitrogen functional groups attached to an aromatic ring is 1. The van der Waals surface area contributed by atoms with E-state index in [0.717, 1.165) is 5.41 Å². The van der Waals surface area contributed by atoms with Gasteiger partial charge < -0.3 is 5.73 Å². The lowest BCUT2D eigenvalue weighted by molar-refractivity contribution is 0.573. The predicted molar refractivity (Wildman–Crippen MR) is 77.4 cm³/mol. The van der Waals surface area contributed by atoms with E-state index in [1.54, 1.807) is 26.0 Å². The molecule has 3 N–H and O–H groups in total. The molecular formula is C12H16N2O4S2. The van der Waals surface area contributed by atoms with Crippen LogP contribution in [0.2, 0.25) is 0 Å². The van der Waals surface area contributed by atoms with Gasteiger partial charge in [-0.25, -0.2) is 21.6 Å². The highest BCUT2D eigenvalue weighted by molar-refractivity contribution is 7.94. The van der Waals surface area contributed by atoms with Gasteiger partial charge in [0, 0.05) is 11.1 Å². The molecule has 0 saturated carbocycles. The Morgan fingerprint density at radius 3 is 2.25 bits per heavy atom. The fraction of sp³-hybridized carbons (Fsp3) is 0.333. The van der Waals surface area contributed by atoms with Crippen molar-refractivity contribution in [3.8, 4) is 0 Å². The van der Waals surface area contributed by atoms with Crippen LogP contribution in [0.25, 0.3) is 0 Å². The lowest BCUT2D eigenvalue weighted by Crippen LogP contribution is -2.36. The molecule has 1 unspecified atom stereocenters. The van der Waals surface area contributed by atoms with Gasteiger partial charge in [0.05, 0.1) is 16.7 Å². The number of benzene rings is 1. The van der Waals surface area contributed by atoms with E-state index < -0.39 is 25.9 Å². The molecular weight excluding hydrogens is 300 g/mol. The van der Waals surface area contributed by atoms with Crippen molar-refractivity contribution in [1.82, 2.24) is 4.72 Å². The molecule has 2 rings (SSSR count). The van der Waals surface area contributed by atoms with E-state index in [2.05, 4.69) is 4.72 Å². The molecule has 1 heterocycles. The van der Waals surface area contributed by atoms with Crippen molar-refractivity contribution >= 4 is 25.5 Å². The fourth-order valence-electron chi connectivity index (χ4n) is 2.32. The van der Waals surface area contributed by atoms with Gasteiger partial charge in [-0.3, -0.25) is 0 Å². The Morgan fingerprint density at radius 2 is 1.80 bits per heavy atom. The summed E-state index contributed by atoms with van der Waals surface area (Å²) < 4.78 is 49.7. The summed E-state index contributed by atoms with van der Waals surface area (Å²) in [5, 5.41) is 1.03. The Labute approximate surface area is 118 Å². The Kier molecular flexibility index (Phi) is 3.66. The number of nitrogens with two attached hydrogens (primary N) is 1. The van der Waals surface area contributed by atoms with Crippen molar-refractivity contribution in [1.29, 1.82) is 0 Å². The smallest absolute Gasteiger partial charge is 0.241 e. The number of sulfonamides is 1. The van der Waals surface area contributed by atoms with E-state index in [1.165, 1.54) is 6.08 Å². The van der Waals surface area contributed by atoms with Crippen LogP contribution < -0.4 is 10.5 Å². The molecule has 0 spiro atoms. The third-order valence-electron chi connectivity index (χ3n) is 2.99. The molecule has 6 nitrogen and oxygen atoms in total. The third kappa shape index (κ3) is 3.02. The summed E-state index contributed by atoms with van der Waals surface area (Å²) in [5.74, 6) is -0.251. The summed E-state index contributed by atoms with van der Waals surface area (Å²) in [7, 11) is -7.10. The normalized spacial score (nSPS) is 21.2. The molecule has 1 aromatic rings. The molecule has 0 bridgehead atoms. The predicted octanol–water partition coefficient (Wildman–Crippen LogP) is 0.475. The first-order valence-electron chi connectivity index (χ1n) is 5.91. The van der Waals surface area contributed by atoms with E-state index in [9.17, 15) is 16.8 Å². The van der Waals surface area contributed by atoms with Gasteiger partial charge in [0.1, 0.15) is 0 Å². The van der Waals surface area contributed by atoms with Crippen LogP contribution in [0.3, 0.4) is 0 Å². The fourth-order valence-corrected chi connectivity index (χ4v) is 5.30. The highest BCUT2D eigenvalue weighted by Crippen LogP contribution is 2.23. The molecule has 0 amide bonds. The number of aryl methyl sites for hydroxylation is 2. The first-order chi connectivity index (χ1) is 9.11. The standard InChI is InChI=1S/C12H16N2O4S2/c1-8-5-10(13)6-9(2)12(8)20(17,18)14-11-3-4-19(15,16)7-11/h3-6,11,14H,7,13H2,1-2H3. The quantitative estimate of drug-likeness (QED) is 0.789. The summed E-state index contributed by atoms with van der Waals surface area (Å²) >= 11 is 0. The minimum absolute atomic E-state index is 0.143. The number of sulfone groups is 1. The van der Waals surface area contributed by atoms with Crippen molar-refractivity contribution in [2.45, 2.75) is 24.8 Å². The number of anilines is 1. The summed E-state index contributed by atoms with van der Waals surface area (Å²) in [5.41, 5.74) is 7.21. The largest absolute Gasteiger partial charge is 0.399 e. The number of nitrogens with one attached hydrogen (secondary N) is 1. The van der Waals surface area contributed by atoms with Crippen LogP contribution >= 0.6 is 0 Å². The molecule has 1 atom stereocenters. The van der Waals surface area contributed by atoms with Crippen molar-refractivity contribution in [2.24, 2.45) is 0 Å². The molecule has 0 saturated heterocycles. The van der Waals surface area contributed by atoms with Crippen LogP contribution in [0.1, 0.15) is 11.1 Å². The van der Waals surface area contributed by atoms with Gasteiger partial charge in [-0.05, 0) is 37.1 Å². The maximum atomic E-state index is 12.4. The SMILES string of the molecule is Cc1cc(N)cc(C)c1S(=O)(=O)NC1C=CS(=O)(=O)C1. The van der Waals surface area contributed by atoms with Crippen LogP contribution in [0, 0.1) is 13.8 Å². The van der Waals surface area contributed by atoms with Crippen LogP contribution in [0.4, 0.5) is 5.69 Å². The summed E-state index contributed by atoms with van der Waals surface area (Å²) in [4.78, 5) is 0.143. The zero-order valence-electron chi connectivity index (χ0n) is 11.1. The number of hydrogen-bond donors (Lipinski definition) is 2. The molecule has 8 heteroatoms. The zero-order valence-corrected chi connectivity index (χ0v) is 12.8. The van der Waals surface area contributed by atoms with E-state index in [-0.39, 0.29) is 10.6 Å². The van der Waals surface area contributed by atoms with Gasteiger partial charge in [0.25, 0.3) is 0 Å². The second-order valence-electron chi connectivity index (χ2n) is 4.87. The molecule has 0 aliphatic carbocycles. The minimum atomic E-state index is -3.79. The highest BCUT2D eigenvalue weighted by Gasteiger charge is 2.28. The summed E-state index contributed by atoms with van der Waals surface area (Å²) in [6, 6.07) is 2.41. The summed E-state index contributed by atoms with van der Waals surface area (Å²) in [6.45, 7) is 3.30. The van der Waals surface area contributed by atoms with Gasteiger partial charge in [-0.2, -0.15) is 0 Å². The molecule has 1 aromatic carbocycles. The molecule has 0 radical (unpaired) electrons. The van der Waals surface area contributed by atoms with Gasteiger partial charge >= 0.3 is 0 Å². The highest BCUT2D eigenvalue weighted by atomic mass is 32.2. The summed E-state index contributed by atoms with van der Waals surface area (Å²) in [6.07, 6.45) is 1.34. The second-order valence-corrected chi connectivity index (χ2v) is 8.45. The minimum Gasteiger partial charge on any atom is -0.399 e. The number of hydrogen-bond acceptors (Lipinski definition) is 5. The second kappa shape index (κ2) is 4.87. The Balaban J connectivity index is 2.36. The van der Waals surface area contributed by atoms with Crippen molar-refractivity contribution in [3.05, 3.63) is 34.7 Å². The van der Waals surface area contributed by atoms with Gasteiger partial charge in [-0.1, -0.05) is 6.08 Å². The van der Waals surface area contributed by atoms with Crippen LogP contribution in [-0.4, -0.2) is 28.6 Å². The van der Waals surface area contributed by atoms with Crippen LogP contribution in [-0.2, 0) is 19.9 Å². The van der Waals surface area contributed by atoms with Gasteiger partial charge in [0.2, 0.25) is 10.0 Å². The van der Waals surface area contributed by atoms with E-state index in [4.69, 9.17) is 5.73 Å². The van der Waals surface area contributed by atoms with E-state index >= 15 is 0 Å². The Bertz CT molecular complexity index is 757. The third-order valence-corrected chi connectivity index (χ3v) is 6.18. The lowest BCUT2D eigenvalue weighted by Gasteiger charge is -2.15. The Hall–Kier alpha value is -1.38. The Morgan fingerprint density at radius 1 is 1.25 bits per heavy atom. The lowest BCUT2D eigenvalue weighted by atomic mass is 10.1. The first kappa shape index (κ1) is 15.0. The maximum Gasteiger partial charge on any atom is 0.241 e. The van der Waals surface area contributed by atoms with Crippen LogP contribution in [0.15, 0.2) is 28.5 Å². The van der Waals surface area contributed by atoms with Crippen molar-refractivity contribution in [3.63, 3.8) is 0 Å². The van der Waals surface area contributed by atoms with Gasteiger partial charge in [0.15, 0.2) is 9.84 Å². The van der Waals surface area contributed by atoms with Gasteiger partial charge in [-0.15, -0.1) is 0 Å². The molecule has 20 heavy (non-hydrogen) atoms. The average Bonchev–Trinajstić information content (AvgIpc) is 2.54. The first-order valence-corrected chi connectivity index (χ1v) is 9.10. The topological polar surface area (TPSA) is 106 Å². The van der Waals surface area contributed by atoms with Crippen molar-refractivity contribution < 1.29 is 16.8 Å². The van der Waals surface area contributed by atoms with Crippen LogP contribution in [0.5, 0.6) is 0 Å². The molecule has 110 valence electrons. The molecule has 1 aliphatic rings. The maximum absolute atomic E-state index is 12.4. The monoisotopic (exact) mass is 316 g/mol. The van der Waals surface area contributed by atoms with E-state index in [0.29, 0.717) is 16.8 Å². The van der Waals surface area contributed by atoms with Crippen molar-refractivity contribution in [2.75, 3.05) is 11.5 Å². The molecule has 0 fully saturated rings. The van der Waals surface area contributed by atoms with E-state index in [1.807, 2.05) is 0 Å². The molecule has 0 aromatic heterocycles.